The van der Waals surface area contributed by atoms with Crippen LogP contribution < -0.4 is 0 Å². The molecule has 98 valence electrons. The molecular weight excluding hydrogens is 253 g/mol. The molecule has 1 aliphatic heterocycles. The largest absolute Gasteiger partial charge is 0.463 e. The number of rotatable bonds is 1. The highest BCUT2D eigenvalue weighted by molar-refractivity contribution is 5.85. The van der Waals surface area contributed by atoms with Gasteiger partial charge in [-0.2, -0.15) is 13.2 Å². The number of esters is 1. The lowest BCUT2D eigenvalue weighted by atomic mass is 10.1. The molecular formula is C10H9F3N2O3. The Morgan fingerprint density at radius 3 is 2.67 bits per heavy atom. The van der Waals surface area contributed by atoms with E-state index in [2.05, 4.69) is 19.4 Å². The van der Waals surface area contributed by atoms with Crippen molar-refractivity contribution in [2.75, 3.05) is 7.11 Å². The minimum atomic E-state index is -4.57. The summed E-state index contributed by atoms with van der Waals surface area (Å²) in [5.41, 5.74) is 0.243. The zero-order valence-corrected chi connectivity index (χ0v) is 9.54. The van der Waals surface area contributed by atoms with Gasteiger partial charge in [-0.25, -0.2) is 14.8 Å². The summed E-state index contributed by atoms with van der Waals surface area (Å²) in [6.07, 6.45) is -6.68. The first-order valence-corrected chi connectivity index (χ1v) is 4.98. The van der Waals surface area contributed by atoms with Gasteiger partial charge < -0.3 is 9.47 Å². The highest BCUT2D eigenvalue weighted by Crippen LogP contribution is 2.41. The lowest BCUT2D eigenvalue weighted by Crippen LogP contribution is -2.22. The average molecular weight is 262 g/mol. The lowest BCUT2D eigenvalue weighted by molar-refractivity contribution is -0.220. The smallest absolute Gasteiger partial charge is 0.420 e. The van der Waals surface area contributed by atoms with Crippen molar-refractivity contribution in [1.82, 2.24) is 9.97 Å². The molecule has 0 bridgehead atoms. The van der Waals surface area contributed by atoms with Gasteiger partial charge >= 0.3 is 12.1 Å². The van der Waals surface area contributed by atoms with Crippen molar-refractivity contribution >= 4 is 5.97 Å². The summed E-state index contributed by atoms with van der Waals surface area (Å²) in [6, 6.07) is 0. The summed E-state index contributed by atoms with van der Waals surface area (Å²) in [5.74, 6) is -1.28. The van der Waals surface area contributed by atoms with Crippen LogP contribution in [0.1, 0.15) is 33.7 Å². The predicted octanol–water partition coefficient (Wildman–Crippen LogP) is 1.71. The molecule has 1 atom stereocenters. The van der Waals surface area contributed by atoms with E-state index in [1.54, 1.807) is 0 Å². The van der Waals surface area contributed by atoms with Crippen LogP contribution in [0.15, 0.2) is 0 Å². The number of fused-ring (bicyclic) bond motifs is 1. The van der Waals surface area contributed by atoms with E-state index >= 15 is 0 Å². The first-order chi connectivity index (χ1) is 8.34. The van der Waals surface area contributed by atoms with Gasteiger partial charge in [0.2, 0.25) is 5.82 Å². The molecule has 1 aromatic heterocycles. The lowest BCUT2D eigenvalue weighted by Gasteiger charge is -2.14. The molecule has 0 saturated heterocycles. The molecule has 0 fully saturated rings. The number of carbonyl (C=O) groups excluding carboxylic acids is 1. The second kappa shape index (κ2) is 4.20. The first kappa shape index (κ1) is 12.7. The van der Waals surface area contributed by atoms with Crippen LogP contribution in [-0.4, -0.2) is 29.2 Å². The van der Waals surface area contributed by atoms with Gasteiger partial charge in [0.15, 0.2) is 6.10 Å². The van der Waals surface area contributed by atoms with Gasteiger partial charge in [0.1, 0.15) is 0 Å². The topological polar surface area (TPSA) is 61.3 Å². The SMILES string of the molecule is COC(=O)c1nc(C)c2c(n1)C(C(F)(F)F)OC2. The molecule has 1 unspecified atom stereocenters. The fourth-order valence-electron chi connectivity index (χ4n) is 1.69. The van der Waals surface area contributed by atoms with Gasteiger partial charge in [0.05, 0.1) is 19.4 Å². The minimum absolute atomic E-state index is 0.215. The number of hydrogen-bond acceptors (Lipinski definition) is 5. The Hall–Kier alpha value is -1.70. The molecule has 1 aliphatic rings. The molecule has 0 N–H and O–H groups in total. The summed E-state index contributed by atoms with van der Waals surface area (Å²) < 4.78 is 47.1. The molecule has 0 aliphatic carbocycles. The number of aryl methyl sites for hydroxylation is 1. The third kappa shape index (κ3) is 2.03. The van der Waals surface area contributed by atoms with Crippen molar-refractivity contribution in [3.8, 4) is 0 Å². The Morgan fingerprint density at radius 1 is 1.44 bits per heavy atom. The van der Waals surface area contributed by atoms with E-state index in [0.29, 0.717) is 0 Å². The number of nitrogens with zero attached hydrogens (tertiary/aromatic N) is 2. The molecule has 1 aromatic rings. The molecule has 8 heteroatoms. The Labute approximate surface area is 99.9 Å². The Bertz CT molecular complexity index is 502. The number of alkyl halides is 3. The third-order valence-corrected chi connectivity index (χ3v) is 2.55. The summed E-state index contributed by atoms with van der Waals surface area (Å²) >= 11 is 0. The van der Waals surface area contributed by atoms with E-state index in [0.717, 1.165) is 7.11 Å². The molecule has 5 nitrogen and oxygen atoms in total. The van der Waals surface area contributed by atoms with Gasteiger partial charge in [-0.15, -0.1) is 0 Å². The van der Waals surface area contributed by atoms with Crippen LogP contribution in [0.25, 0.3) is 0 Å². The van der Waals surface area contributed by atoms with Crippen molar-refractivity contribution in [3.63, 3.8) is 0 Å². The molecule has 0 radical (unpaired) electrons. The number of halogens is 3. The molecule has 18 heavy (non-hydrogen) atoms. The van der Waals surface area contributed by atoms with Crippen molar-refractivity contribution in [1.29, 1.82) is 0 Å². The van der Waals surface area contributed by atoms with E-state index in [1.807, 2.05) is 0 Å². The van der Waals surface area contributed by atoms with Crippen LogP contribution in [-0.2, 0) is 16.1 Å². The maximum atomic E-state index is 12.7. The van der Waals surface area contributed by atoms with Crippen molar-refractivity contribution < 1.29 is 27.4 Å². The second-order valence-corrected chi connectivity index (χ2v) is 3.72. The monoisotopic (exact) mass is 262 g/mol. The van der Waals surface area contributed by atoms with Crippen LogP contribution >= 0.6 is 0 Å². The number of aromatic nitrogens is 2. The van der Waals surface area contributed by atoms with E-state index in [4.69, 9.17) is 0 Å². The zero-order valence-electron chi connectivity index (χ0n) is 9.54. The highest BCUT2D eigenvalue weighted by Gasteiger charge is 2.48. The highest BCUT2D eigenvalue weighted by atomic mass is 19.4. The van der Waals surface area contributed by atoms with Gasteiger partial charge in [-0.05, 0) is 6.92 Å². The maximum absolute atomic E-state index is 12.7. The van der Waals surface area contributed by atoms with Gasteiger partial charge in [0.25, 0.3) is 0 Å². The second-order valence-electron chi connectivity index (χ2n) is 3.72. The van der Waals surface area contributed by atoms with Crippen molar-refractivity contribution in [2.45, 2.75) is 25.8 Å². The van der Waals surface area contributed by atoms with Crippen LogP contribution in [0.2, 0.25) is 0 Å². The minimum Gasteiger partial charge on any atom is -0.463 e. The summed E-state index contributed by atoms with van der Waals surface area (Å²) in [5, 5.41) is 0. The van der Waals surface area contributed by atoms with Crippen LogP contribution in [0.5, 0.6) is 0 Å². The standard InChI is InChI=1S/C10H9F3N2O3/c1-4-5-3-18-7(10(11,12)13)6(5)15-8(14-4)9(16)17-2/h7H,3H2,1-2H3. The fraction of sp³-hybridized carbons (Fsp3) is 0.500. The van der Waals surface area contributed by atoms with E-state index < -0.39 is 24.1 Å². The molecule has 2 rings (SSSR count). The summed E-state index contributed by atoms with van der Waals surface area (Å²) in [6.45, 7) is 1.28. The fourth-order valence-corrected chi connectivity index (χ4v) is 1.69. The van der Waals surface area contributed by atoms with Gasteiger partial charge in [-0.3, -0.25) is 0 Å². The number of carbonyl (C=O) groups is 1. The van der Waals surface area contributed by atoms with E-state index in [9.17, 15) is 18.0 Å². The Morgan fingerprint density at radius 2 is 2.11 bits per heavy atom. The molecule has 2 heterocycles. The van der Waals surface area contributed by atoms with E-state index in [-0.39, 0.29) is 23.6 Å². The van der Waals surface area contributed by atoms with Crippen molar-refractivity contribution in [3.05, 3.63) is 22.8 Å². The zero-order chi connectivity index (χ0) is 13.5. The predicted molar refractivity (Wildman–Crippen MR) is 51.7 cm³/mol. The number of ether oxygens (including phenoxy) is 2. The Kier molecular flexibility index (Phi) is 2.97. The maximum Gasteiger partial charge on any atom is 0.420 e. The molecule has 0 amide bonds. The first-order valence-electron chi connectivity index (χ1n) is 4.98. The van der Waals surface area contributed by atoms with Crippen molar-refractivity contribution in [2.24, 2.45) is 0 Å². The molecule has 0 aromatic carbocycles. The van der Waals surface area contributed by atoms with Crippen LogP contribution in [0.3, 0.4) is 0 Å². The summed E-state index contributed by atoms with van der Waals surface area (Å²) in [4.78, 5) is 18.7. The quantitative estimate of drug-likeness (QED) is 0.721. The van der Waals surface area contributed by atoms with Gasteiger partial charge in [0, 0.05) is 11.3 Å². The number of methoxy groups -OCH3 is 1. The average Bonchev–Trinajstić information content (AvgIpc) is 2.71. The molecule has 0 saturated carbocycles. The third-order valence-electron chi connectivity index (χ3n) is 2.55. The van der Waals surface area contributed by atoms with Crippen LogP contribution in [0.4, 0.5) is 13.2 Å². The van der Waals surface area contributed by atoms with Crippen LogP contribution in [0, 0.1) is 6.92 Å². The normalized spacial score (nSPS) is 18.6. The number of hydrogen-bond donors (Lipinski definition) is 0. The van der Waals surface area contributed by atoms with Gasteiger partial charge in [-0.1, -0.05) is 0 Å². The molecule has 0 spiro atoms. The van der Waals surface area contributed by atoms with E-state index in [1.165, 1.54) is 6.92 Å². The summed E-state index contributed by atoms with van der Waals surface area (Å²) in [7, 11) is 1.10. The Balaban J connectivity index is 2.51.